The van der Waals surface area contributed by atoms with E-state index in [1.807, 2.05) is 7.05 Å². The molecule has 1 fully saturated rings. The van der Waals surface area contributed by atoms with E-state index >= 15 is 0 Å². The van der Waals surface area contributed by atoms with Gasteiger partial charge in [0.1, 0.15) is 0 Å². The molecular formula is C13H17ClN2O2S. The molecule has 104 valence electrons. The van der Waals surface area contributed by atoms with E-state index in [-0.39, 0.29) is 12.0 Å². The van der Waals surface area contributed by atoms with Crippen LogP contribution in [-0.4, -0.2) is 50.2 Å². The fraction of sp³-hybridized carbons (Fsp3) is 0.462. The third kappa shape index (κ3) is 4.11. The highest BCUT2D eigenvalue weighted by Crippen LogP contribution is 2.19. The van der Waals surface area contributed by atoms with Gasteiger partial charge in [-0.2, -0.15) is 0 Å². The topological polar surface area (TPSA) is 41.6 Å². The van der Waals surface area contributed by atoms with Gasteiger partial charge in [0, 0.05) is 24.5 Å². The molecule has 1 aliphatic rings. The van der Waals surface area contributed by atoms with Gasteiger partial charge in [0.15, 0.2) is 0 Å². The second-order valence-corrected chi connectivity index (χ2v) is 5.55. The number of halogens is 1. The molecule has 0 bridgehead atoms. The molecule has 1 amide bonds. The summed E-state index contributed by atoms with van der Waals surface area (Å²) in [5.41, 5.74) is 0.443. The van der Waals surface area contributed by atoms with E-state index in [2.05, 4.69) is 22.8 Å². The SMILES string of the molecule is CN1CCOC(CNC(=O)c2cc(S)ccc2Cl)C1. The van der Waals surface area contributed by atoms with Crippen molar-refractivity contribution in [3.8, 4) is 0 Å². The number of nitrogens with one attached hydrogen (secondary N) is 1. The molecule has 1 aromatic rings. The lowest BCUT2D eigenvalue weighted by molar-refractivity contribution is -0.0175. The number of hydrogen-bond donors (Lipinski definition) is 2. The van der Waals surface area contributed by atoms with Crippen molar-refractivity contribution in [3.63, 3.8) is 0 Å². The largest absolute Gasteiger partial charge is 0.374 e. The summed E-state index contributed by atoms with van der Waals surface area (Å²) < 4.78 is 5.58. The minimum absolute atomic E-state index is 0.0284. The van der Waals surface area contributed by atoms with Gasteiger partial charge in [-0.15, -0.1) is 12.6 Å². The van der Waals surface area contributed by atoms with Gasteiger partial charge in [-0.25, -0.2) is 0 Å². The van der Waals surface area contributed by atoms with Crippen LogP contribution in [0.1, 0.15) is 10.4 Å². The standard InChI is InChI=1S/C13H17ClN2O2S/c1-16-4-5-18-9(8-16)7-15-13(17)11-6-10(19)2-3-12(11)14/h2-3,6,9,19H,4-5,7-8H2,1H3,(H,15,17). The Morgan fingerprint density at radius 1 is 1.63 bits per heavy atom. The summed E-state index contributed by atoms with van der Waals surface area (Å²) in [6.07, 6.45) is 0.0284. The third-order valence-corrected chi connectivity index (χ3v) is 3.63. The first-order valence-corrected chi connectivity index (χ1v) is 6.95. The molecule has 1 unspecified atom stereocenters. The van der Waals surface area contributed by atoms with Crippen molar-refractivity contribution in [2.24, 2.45) is 0 Å². The number of amides is 1. The average molecular weight is 301 g/mol. The number of benzene rings is 1. The fourth-order valence-electron chi connectivity index (χ4n) is 1.98. The van der Waals surface area contributed by atoms with Crippen molar-refractivity contribution < 1.29 is 9.53 Å². The van der Waals surface area contributed by atoms with E-state index in [1.165, 1.54) is 0 Å². The van der Waals surface area contributed by atoms with E-state index < -0.39 is 0 Å². The Hall–Kier alpha value is -0.750. The Bertz CT molecular complexity index is 470. The predicted molar refractivity (Wildman–Crippen MR) is 78.3 cm³/mol. The van der Waals surface area contributed by atoms with Gasteiger partial charge in [-0.3, -0.25) is 4.79 Å². The molecule has 6 heteroatoms. The number of ether oxygens (including phenoxy) is 1. The zero-order chi connectivity index (χ0) is 13.8. The Morgan fingerprint density at radius 2 is 2.42 bits per heavy atom. The number of carbonyl (C=O) groups excluding carboxylic acids is 1. The van der Waals surface area contributed by atoms with Gasteiger partial charge in [0.2, 0.25) is 0 Å². The van der Waals surface area contributed by atoms with Gasteiger partial charge >= 0.3 is 0 Å². The lowest BCUT2D eigenvalue weighted by atomic mass is 10.2. The van der Waals surface area contributed by atoms with Gasteiger partial charge in [-0.1, -0.05) is 11.6 Å². The molecule has 0 aromatic heterocycles. The van der Waals surface area contributed by atoms with Gasteiger partial charge in [-0.05, 0) is 25.2 Å². The number of morpholine rings is 1. The molecule has 4 nitrogen and oxygen atoms in total. The first-order chi connectivity index (χ1) is 9.06. The maximum atomic E-state index is 12.0. The van der Waals surface area contributed by atoms with Crippen molar-refractivity contribution in [1.29, 1.82) is 0 Å². The van der Waals surface area contributed by atoms with Gasteiger partial charge in [0.25, 0.3) is 5.91 Å². The second-order valence-electron chi connectivity index (χ2n) is 4.63. The van der Waals surface area contributed by atoms with Crippen molar-refractivity contribution in [1.82, 2.24) is 10.2 Å². The Morgan fingerprint density at radius 3 is 3.16 bits per heavy atom. The van der Waals surface area contributed by atoms with Crippen molar-refractivity contribution in [3.05, 3.63) is 28.8 Å². The quantitative estimate of drug-likeness (QED) is 0.835. The summed E-state index contributed by atoms with van der Waals surface area (Å²) in [4.78, 5) is 14.9. The molecule has 2 rings (SSSR count). The highest BCUT2D eigenvalue weighted by Gasteiger charge is 2.19. The van der Waals surface area contributed by atoms with Crippen LogP contribution in [0.3, 0.4) is 0 Å². The maximum Gasteiger partial charge on any atom is 0.252 e. The minimum Gasteiger partial charge on any atom is -0.374 e. The Kier molecular flexibility index (Phi) is 5.10. The number of nitrogens with zero attached hydrogens (tertiary/aromatic N) is 1. The number of likely N-dealkylation sites (N-methyl/N-ethyl adjacent to an activating group) is 1. The van der Waals surface area contributed by atoms with Crippen molar-refractivity contribution in [2.45, 2.75) is 11.0 Å². The van der Waals surface area contributed by atoms with Crippen molar-refractivity contribution >= 4 is 30.1 Å². The van der Waals surface area contributed by atoms with Gasteiger partial charge in [0.05, 0.1) is 23.3 Å². The first kappa shape index (κ1) is 14.7. The van der Waals surface area contributed by atoms with Crippen LogP contribution in [0.15, 0.2) is 23.1 Å². The van der Waals surface area contributed by atoms with Crippen LogP contribution >= 0.6 is 24.2 Å². The molecule has 1 heterocycles. The zero-order valence-corrected chi connectivity index (χ0v) is 12.4. The highest BCUT2D eigenvalue weighted by atomic mass is 35.5. The Balaban J connectivity index is 1.92. The van der Waals surface area contributed by atoms with Crippen LogP contribution in [0.25, 0.3) is 0 Å². The van der Waals surface area contributed by atoms with E-state index in [0.29, 0.717) is 28.6 Å². The van der Waals surface area contributed by atoms with E-state index in [0.717, 1.165) is 13.1 Å². The molecule has 0 aliphatic carbocycles. The molecule has 1 aliphatic heterocycles. The van der Waals surface area contributed by atoms with E-state index in [9.17, 15) is 4.79 Å². The van der Waals surface area contributed by atoms with Crippen LogP contribution in [0.2, 0.25) is 5.02 Å². The molecule has 0 spiro atoms. The summed E-state index contributed by atoms with van der Waals surface area (Å²) in [7, 11) is 2.04. The predicted octanol–water partition coefficient (Wildman–Crippen LogP) is 1.69. The zero-order valence-electron chi connectivity index (χ0n) is 10.7. The van der Waals surface area contributed by atoms with Crippen molar-refractivity contribution in [2.75, 3.05) is 33.3 Å². The Labute approximate surface area is 123 Å². The highest BCUT2D eigenvalue weighted by molar-refractivity contribution is 7.80. The van der Waals surface area contributed by atoms with Crippen LogP contribution in [0, 0.1) is 0 Å². The molecule has 1 N–H and O–H groups in total. The average Bonchev–Trinajstić information content (AvgIpc) is 2.39. The summed E-state index contributed by atoms with van der Waals surface area (Å²) >= 11 is 10.2. The maximum absolute atomic E-state index is 12.0. The second kappa shape index (κ2) is 6.61. The van der Waals surface area contributed by atoms with Crippen LogP contribution in [-0.2, 0) is 4.74 Å². The van der Waals surface area contributed by atoms with Crippen LogP contribution in [0.4, 0.5) is 0 Å². The third-order valence-electron chi connectivity index (χ3n) is 3.03. The molecule has 19 heavy (non-hydrogen) atoms. The smallest absolute Gasteiger partial charge is 0.252 e. The number of rotatable bonds is 3. The summed E-state index contributed by atoms with van der Waals surface area (Å²) in [5, 5.41) is 3.28. The molecule has 1 saturated heterocycles. The van der Waals surface area contributed by atoms with Crippen LogP contribution < -0.4 is 5.32 Å². The fourth-order valence-corrected chi connectivity index (χ4v) is 2.39. The first-order valence-electron chi connectivity index (χ1n) is 6.13. The minimum atomic E-state index is -0.197. The normalized spacial score (nSPS) is 20.3. The molecule has 1 aromatic carbocycles. The lowest BCUT2D eigenvalue weighted by Gasteiger charge is -2.30. The number of carbonyl (C=O) groups is 1. The van der Waals surface area contributed by atoms with Crippen LogP contribution in [0.5, 0.6) is 0 Å². The van der Waals surface area contributed by atoms with E-state index in [4.69, 9.17) is 16.3 Å². The molecular weight excluding hydrogens is 284 g/mol. The van der Waals surface area contributed by atoms with Gasteiger partial charge < -0.3 is 15.0 Å². The number of hydrogen-bond acceptors (Lipinski definition) is 4. The molecule has 0 radical (unpaired) electrons. The van der Waals surface area contributed by atoms with E-state index in [1.54, 1.807) is 18.2 Å². The molecule has 1 atom stereocenters. The monoisotopic (exact) mass is 300 g/mol. The summed E-state index contributed by atoms with van der Waals surface area (Å²) in [6.45, 7) is 2.93. The number of thiol groups is 1. The summed E-state index contributed by atoms with van der Waals surface area (Å²) in [5.74, 6) is -0.197. The molecule has 0 saturated carbocycles. The lowest BCUT2D eigenvalue weighted by Crippen LogP contribution is -2.45. The summed E-state index contributed by atoms with van der Waals surface area (Å²) in [6, 6.07) is 5.08.